The highest BCUT2D eigenvalue weighted by atomic mass is 19.4. The molecule has 5 nitrogen and oxygen atoms in total. The number of nitrogens with one attached hydrogen (secondary N) is 2. The van der Waals surface area contributed by atoms with Crippen molar-refractivity contribution in [2.24, 2.45) is 0 Å². The summed E-state index contributed by atoms with van der Waals surface area (Å²) < 4.78 is 43.6. The van der Waals surface area contributed by atoms with Gasteiger partial charge >= 0.3 is 6.18 Å². The summed E-state index contributed by atoms with van der Waals surface area (Å²) in [7, 11) is 0. The molecular formula is C18H15F3N2O3. The largest absolute Gasteiger partial charge is 0.479 e. The predicted molar refractivity (Wildman–Crippen MR) is 88.9 cm³/mol. The molecule has 0 unspecified atom stereocenters. The molecule has 1 aliphatic rings. The van der Waals surface area contributed by atoms with Crippen LogP contribution < -0.4 is 15.4 Å². The Bertz CT molecular complexity index is 865. The van der Waals surface area contributed by atoms with Gasteiger partial charge in [-0.3, -0.25) is 9.59 Å². The third-order valence-electron chi connectivity index (χ3n) is 3.81. The van der Waals surface area contributed by atoms with E-state index in [1.165, 1.54) is 18.2 Å². The van der Waals surface area contributed by atoms with E-state index in [2.05, 4.69) is 10.6 Å². The fourth-order valence-corrected chi connectivity index (χ4v) is 2.53. The van der Waals surface area contributed by atoms with Gasteiger partial charge in [0.15, 0.2) is 6.10 Å². The Labute approximate surface area is 147 Å². The van der Waals surface area contributed by atoms with Gasteiger partial charge in [-0.05, 0) is 36.8 Å². The van der Waals surface area contributed by atoms with Crippen LogP contribution in [0.3, 0.4) is 0 Å². The van der Waals surface area contributed by atoms with Crippen molar-refractivity contribution in [1.82, 2.24) is 0 Å². The van der Waals surface area contributed by atoms with Crippen molar-refractivity contribution in [3.05, 3.63) is 53.6 Å². The Kier molecular flexibility index (Phi) is 4.58. The molecule has 0 bridgehead atoms. The summed E-state index contributed by atoms with van der Waals surface area (Å²) in [5.74, 6) is -0.293. The van der Waals surface area contributed by atoms with E-state index in [-0.39, 0.29) is 17.9 Å². The SMILES string of the molecule is C[C@@H]1Oc2ccc(NC(=O)Cc3cccc(C(F)(F)F)c3)cc2NC1=O. The number of benzene rings is 2. The fraction of sp³-hybridized carbons (Fsp3) is 0.222. The van der Waals surface area contributed by atoms with Gasteiger partial charge in [0.25, 0.3) is 5.91 Å². The standard InChI is InChI=1S/C18H15F3N2O3/c1-10-17(25)23-14-9-13(5-6-15(14)26-10)22-16(24)8-11-3-2-4-12(7-11)18(19,20)21/h2-7,9-10H,8H2,1H3,(H,22,24)(H,23,25)/t10-/m0/s1. The summed E-state index contributed by atoms with van der Waals surface area (Å²) in [5, 5.41) is 5.25. The molecule has 1 aliphatic heterocycles. The van der Waals surface area contributed by atoms with E-state index in [9.17, 15) is 22.8 Å². The van der Waals surface area contributed by atoms with Crippen molar-refractivity contribution in [2.75, 3.05) is 10.6 Å². The molecule has 8 heteroatoms. The van der Waals surface area contributed by atoms with E-state index in [4.69, 9.17) is 4.74 Å². The Hall–Kier alpha value is -3.03. The first-order valence-corrected chi connectivity index (χ1v) is 7.80. The Morgan fingerprint density at radius 1 is 1.23 bits per heavy atom. The van der Waals surface area contributed by atoms with Crippen LogP contribution in [0, 0.1) is 0 Å². The molecule has 1 atom stereocenters. The first kappa shape index (κ1) is 17.8. The maximum Gasteiger partial charge on any atom is 0.416 e. The lowest BCUT2D eigenvalue weighted by Crippen LogP contribution is -2.34. The molecule has 136 valence electrons. The van der Waals surface area contributed by atoms with E-state index in [0.29, 0.717) is 17.1 Å². The lowest BCUT2D eigenvalue weighted by molar-refractivity contribution is -0.137. The van der Waals surface area contributed by atoms with Crippen LogP contribution in [0.1, 0.15) is 18.1 Å². The molecule has 26 heavy (non-hydrogen) atoms. The minimum Gasteiger partial charge on any atom is -0.479 e. The van der Waals surface area contributed by atoms with E-state index in [0.717, 1.165) is 12.1 Å². The number of hydrogen-bond donors (Lipinski definition) is 2. The molecule has 2 aromatic rings. The third kappa shape index (κ3) is 3.96. The lowest BCUT2D eigenvalue weighted by atomic mass is 10.1. The second-order valence-corrected chi connectivity index (χ2v) is 5.88. The fourth-order valence-electron chi connectivity index (χ4n) is 2.53. The summed E-state index contributed by atoms with van der Waals surface area (Å²) in [4.78, 5) is 23.7. The Balaban J connectivity index is 1.69. The van der Waals surface area contributed by atoms with Gasteiger partial charge in [-0.15, -0.1) is 0 Å². The van der Waals surface area contributed by atoms with Crippen LogP contribution in [-0.2, 0) is 22.2 Å². The maximum atomic E-state index is 12.7. The number of amides is 2. The van der Waals surface area contributed by atoms with Crippen molar-refractivity contribution >= 4 is 23.2 Å². The number of rotatable bonds is 3. The van der Waals surface area contributed by atoms with E-state index < -0.39 is 23.8 Å². The van der Waals surface area contributed by atoms with Crippen LogP contribution in [0.5, 0.6) is 5.75 Å². The predicted octanol–water partition coefficient (Wildman–Crippen LogP) is 3.61. The Morgan fingerprint density at radius 3 is 2.73 bits per heavy atom. The first-order valence-electron chi connectivity index (χ1n) is 7.80. The summed E-state index contributed by atoms with van der Waals surface area (Å²) in [6, 6.07) is 9.34. The highest BCUT2D eigenvalue weighted by molar-refractivity contribution is 5.99. The number of carbonyl (C=O) groups excluding carboxylic acids is 2. The van der Waals surface area contributed by atoms with Crippen molar-refractivity contribution < 1.29 is 27.5 Å². The van der Waals surface area contributed by atoms with E-state index in [1.807, 2.05) is 0 Å². The molecule has 2 aromatic carbocycles. The topological polar surface area (TPSA) is 67.4 Å². The summed E-state index contributed by atoms with van der Waals surface area (Å²) in [5.41, 5.74) is 0.274. The minimum absolute atomic E-state index is 0.207. The minimum atomic E-state index is -4.46. The van der Waals surface area contributed by atoms with Gasteiger partial charge in [0.05, 0.1) is 17.7 Å². The van der Waals surface area contributed by atoms with Crippen LogP contribution in [-0.4, -0.2) is 17.9 Å². The Morgan fingerprint density at radius 2 is 2.00 bits per heavy atom. The average molecular weight is 364 g/mol. The summed E-state index contributed by atoms with van der Waals surface area (Å²) >= 11 is 0. The molecule has 2 N–H and O–H groups in total. The molecule has 1 heterocycles. The van der Waals surface area contributed by atoms with Gasteiger partial charge in [0.1, 0.15) is 5.75 Å². The molecule has 2 amide bonds. The second kappa shape index (κ2) is 6.70. The van der Waals surface area contributed by atoms with Gasteiger partial charge in [-0.25, -0.2) is 0 Å². The summed E-state index contributed by atoms with van der Waals surface area (Å²) in [6.07, 6.45) is -5.27. The molecular weight excluding hydrogens is 349 g/mol. The second-order valence-electron chi connectivity index (χ2n) is 5.88. The average Bonchev–Trinajstić information content (AvgIpc) is 2.55. The third-order valence-corrected chi connectivity index (χ3v) is 3.81. The van der Waals surface area contributed by atoms with Crippen LogP contribution in [0.15, 0.2) is 42.5 Å². The first-order chi connectivity index (χ1) is 12.2. The van der Waals surface area contributed by atoms with E-state index >= 15 is 0 Å². The number of anilines is 2. The number of ether oxygens (including phenoxy) is 1. The van der Waals surface area contributed by atoms with Gasteiger partial charge in [0, 0.05) is 5.69 Å². The molecule has 3 rings (SSSR count). The molecule has 0 aliphatic carbocycles. The molecule has 0 spiro atoms. The molecule has 0 radical (unpaired) electrons. The molecule has 0 aromatic heterocycles. The zero-order valence-electron chi connectivity index (χ0n) is 13.7. The van der Waals surface area contributed by atoms with Crippen LogP contribution >= 0.6 is 0 Å². The van der Waals surface area contributed by atoms with E-state index in [1.54, 1.807) is 19.1 Å². The molecule has 0 saturated heterocycles. The number of fused-ring (bicyclic) bond motifs is 1. The normalized spacial score (nSPS) is 16.3. The van der Waals surface area contributed by atoms with Crippen molar-refractivity contribution in [3.8, 4) is 5.75 Å². The highest BCUT2D eigenvalue weighted by Crippen LogP contribution is 2.32. The van der Waals surface area contributed by atoms with Crippen LogP contribution in [0.4, 0.5) is 24.5 Å². The number of halogens is 3. The molecule has 0 saturated carbocycles. The zero-order valence-corrected chi connectivity index (χ0v) is 13.7. The number of carbonyl (C=O) groups is 2. The number of hydrogen-bond acceptors (Lipinski definition) is 3. The quantitative estimate of drug-likeness (QED) is 0.874. The summed E-state index contributed by atoms with van der Waals surface area (Å²) in [6.45, 7) is 1.61. The van der Waals surface area contributed by atoms with Gasteiger partial charge in [-0.1, -0.05) is 18.2 Å². The maximum absolute atomic E-state index is 12.7. The number of alkyl halides is 3. The highest BCUT2D eigenvalue weighted by Gasteiger charge is 2.30. The van der Waals surface area contributed by atoms with Crippen molar-refractivity contribution in [3.63, 3.8) is 0 Å². The van der Waals surface area contributed by atoms with Crippen molar-refractivity contribution in [2.45, 2.75) is 25.6 Å². The molecule has 0 fully saturated rings. The van der Waals surface area contributed by atoms with Gasteiger partial charge < -0.3 is 15.4 Å². The smallest absolute Gasteiger partial charge is 0.416 e. The lowest BCUT2D eigenvalue weighted by Gasteiger charge is -2.23. The van der Waals surface area contributed by atoms with Gasteiger partial charge in [0.2, 0.25) is 5.91 Å². The van der Waals surface area contributed by atoms with Gasteiger partial charge in [-0.2, -0.15) is 13.2 Å². The zero-order chi connectivity index (χ0) is 18.9. The monoisotopic (exact) mass is 364 g/mol. The van der Waals surface area contributed by atoms with Crippen LogP contribution in [0.25, 0.3) is 0 Å². The van der Waals surface area contributed by atoms with Crippen molar-refractivity contribution in [1.29, 1.82) is 0 Å². The van der Waals surface area contributed by atoms with Crippen LogP contribution in [0.2, 0.25) is 0 Å².